The first-order valence-corrected chi connectivity index (χ1v) is 8.36. The number of nitrogens with zero attached hydrogens (tertiary/aromatic N) is 2. The summed E-state index contributed by atoms with van der Waals surface area (Å²) in [6, 6.07) is 11.6. The monoisotopic (exact) mass is 337 g/mol. The minimum Gasteiger partial charge on any atom is -0.497 e. The molecule has 0 aliphatic rings. The van der Waals surface area contributed by atoms with Gasteiger partial charge in [-0.2, -0.15) is 0 Å². The molecule has 1 aromatic carbocycles. The maximum absolute atomic E-state index is 5.91. The summed E-state index contributed by atoms with van der Waals surface area (Å²) in [5.74, 6) is 2.39. The first-order chi connectivity index (χ1) is 10.2. The Balaban J connectivity index is 1.67. The molecule has 108 valence electrons. The van der Waals surface area contributed by atoms with Gasteiger partial charge < -0.3 is 4.74 Å². The van der Waals surface area contributed by atoms with Gasteiger partial charge in [0.15, 0.2) is 5.82 Å². The van der Waals surface area contributed by atoms with E-state index >= 15 is 0 Å². The van der Waals surface area contributed by atoms with E-state index in [-0.39, 0.29) is 0 Å². The minimum atomic E-state index is 0.727. The van der Waals surface area contributed by atoms with E-state index in [1.165, 1.54) is 4.88 Å². The summed E-state index contributed by atoms with van der Waals surface area (Å²) in [5.41, 5.74) is 0.981. The molecule has 7 heteroatoms. The van der Waals surface area contributed by atoms with Crippen molar-refractivity contribution in [3.8, 4) is 17.1 Å². The third-order valence-electron chi connectivity index (χ3n) is 2.80. The van der Waals surface area contributed by atoms with Crippen molar-refractivity contribution in [3.05, 3.63) is 45.6 Å². The zero-order valence-corrected chi connectivity index (χ0v) is 13.6. The number of nitrogens with one attached hydrogen (secondary N) is 1. The van der Waals surface area contributed by atoms with E-state index in [0.717, 1.165) is 32.4 Å². The number of aromatic amines is 1. The molecular formula is C14H12ClN3OS2. The minimum absolute atomic E-state index is 0.727. The molecule has 0 aliphatic heterocycles. The van der Waals surface area contributed by atoms with E-state index < -0.39 is 0 Å². The van der Waals surface area contributed by atoms with Crippen LogP contribution in [0.4, 0.5) is 0 Å². The van der Waals surface area contributed by atoms with Gasteiger partial charge in [-0.05, 0) is 36.4 Å². The predicted molar refractivity (Wildman–Crippen MR) is 87.3 cm³/mol. The Hall–Kier alpha value is -1.50. The normalized spacial score (nSPS) is 10.8. The van der Waals surface area contributed by atoms with Crippen molar-refractivity contribution in [2.45, 2.75) is 10.9 Å². The van der Waals surface area contributed by atoms with E-state index in [1.54, 1.807) is 30.2 Å². The van der Waals surface area contributed by atoms with Crippen molar-refractivity contribution in [3.63, 3.8) is 0 Å². The highest BCUT2D eigenvalue weighted by Crippen LogP contribution is 2.28. The molecule has 2 heterocycles. The first kappa shape index (κ1) is 14.4. The van der Waals surface area contributed by atoms with Crippen LogP contribution < -0.4 is 4.74 Å². The van der Waals surface area contributed by atoms with Crippen LogP contribution in [0.1, 0.15) is 4.88 Å². The number of ether oxygens (including phenoxy) is 1. The number of thiophene rings is 1. The second kappa shape index (κ2) is 6.51. The number of hydrogen-bond acceptors (Lipinski definition) is 5. The zero-order valence-electron chi connectivity index (χ0n) is 11.2. The number of thioether (sulfide) groups is 1. The second-order valence-corrected chi connectivity index (χ2v) is 6.93. The summed E-state index contributed by atoms with van der Waals surface area (Å²) >= 11 is 9.08. The third-order valence-corrected chi connectivity index (χ3v) is 5.11. The van der Waals surface area contributed by atoms with Crippen molar-refractivity contribution in [1.29, 1.82) is 0 Å². The van der Waals surface area contributed by atoms with Crippen LogP contribution in [-0.2, 0) is 5.75 Å². The van der Waals surface area contributed by atoms with Gasteiger partial charge in [0.05, 0.1) is 11.4 Å². The van der Waals surface area contributed by atoms with Crippen LogP contribution in [0.5, 0.6) is 5.75 Å². The molecule has 4 nitrogen and oxygen atoms in total. The lowest BCUT2D eigenvalue weighted by Gasteiger charge is -1.99. The molecule has 3 rings (SSSR count). The number of aromatic nitrogens is 3. The van der Waals surface area contributed by atoms with Gasteiger partial charge in [-0.3, -0.25) is 5.10 Å². The zero-order chi connectivity index (χ0) is 14.7. The van der Waals surface area contributed by atoms with Crippen LogP contribution in [0.25, 0.3) is 11.4 Å². The van der Waals surface area contributed by atoms with E-state index in [2.05, 4.69) is 15.2 Å². The van der Waals surface area contributed by atoms with Gasteiger partial charge >= 0.3 is 0 Å². The molecule has 0 atom stereocenters. The summed E-state index contributed by atoms with van der Waals surface area (Å²) in [5, 5.41) is 7.91. The molecule has 0 unspecified atom stereocenters. The number of H-pyrrole nitrogens is 1. The lowest BCUT2D eigenvalue weighted by Crippen LogP contribution is -1.84. The number of halogens is 1. The van der Waals surface area contributed by atoms with Crippen molar-refractivity contribution < 1.29 is 4.74 Å². The van der Waals surface area contributed by atoms with Gasteiger partial charge in [-0.25, -0.2) is 4.98 Å². The van der Waals surface area contributed by atoms with Crippen LogP contribution in [0.2, 0.25) is 4.34 Å². The molecule has 0 fully saturated rings. The molecule has 0 saturated heterocycles. The molecule has 2 aromatic heterocycles. The van der Waals surface area contributed by atoms with Crippen molar-refractivity contribution in [2.24, 2.45) is 0 Å². The Bertz CT molecular complexity index is 724. The summed E-state index contributed by atoms with van der Waals surface area (Å²) < 4.78 is 5.94. The maximum atomic E-state index is 5.91. The molecule has 21 heavy (non-hydrogen) atoms. The summed E-state index contributed by atoms with van der Waals surface area (Å²) in [4.78, 5) is 5.69. The van der Waals surface area contributed by atoms with E-state index in [0.29, 0.717) is 0 Å². The Kier molecular flexibility index (Phi) is 4.48. The van der Waals surface area contributed by atoms with Gasteiger partial charge in [0, 0.05) is 16.2 Å². The summed E-state index contributed by atoms with van der Waals surface area (Å²) in [6.45, 7) is 0. The highest BCUT2D eigenvalue weighted by molar-refractivity contribution is 7.98. The van der Waals surface area contributed by atoms with Gasteiger partial charge in [0.1, 0.15) is 5.75 Å². The summed E-state index contributed by atoms with van der Waals surface area (Å²) in [6.07, 6.45) is 0. The largest absolute Gasteiger partial charge is 0.497 e. The quantitative estimate of drug-likeness (QED) is 0.697. The van der Waals surface area contributed by atoms with Gasteiger partial charge in [0.2, 0.25) is 5.16 Å². The van der Waals surface area contributed by atoms with E-state index in [9.17, 15) is 0 Å². The molecule has 0 aliphatic carbocycles. The predicted octanol–water partition coefficient (Wildman–Crippen LogP) is 4.49. The van der Waals surface area contributed by atoms with Gasteiger partial charge in [0.25, 0.3) is 0 Å². The molecular weight excluding hydrogens is 326 g/mol. The Morgan fingerprint density at radius 2 is 2.05 bits per heavy atom. The maximum Gasteiger partial charge on any atom is 0.209 e. The second-order valence-electron chi connectivity index (χ2n) is 4.19. The SMILES string of the molecule is COc1ccc(-c2nc(SCc3ccc(Cl)s3)n[nH]2)cc1. The molecule has 0 saturated carbocycles. The number of methoxy groups -OCH3 is 1. The fourth-order valence-corrected chi connectivity index (χ4v) is 3.68. The van der Waals surface area contributed by atoms with Crippen LogP contribution >= 0.6 is 34.7 Å². The van der Waals surface area contributed by atoms with Crippen molar-refractivity contribution in [2.75, 3.05) is 7.11 Å². The topological polar surface area (TPSA) is 50.8 Å². The van der Waals surface area contributed by atoms with Crippen molar-refractivity contribution in [1.82, 2.24) is 15.2 Å². The van der Waals surface area contributed by atoms with E-state index in [4.69, 9.17) is 16.3 Å². The standard InChI is InChI=1S/C14H12ClN3OS2/c1-19-10-4-2-9(3-5-10)13-16-14(18-17-13)20-8-11-6-7-12(15)21-11/h2-7H,8H2,1H3,(H,16,17,18). The highest BCUT2D eigenvalue weighted by Gasteiger charge is 2.07. The average Bonchev–Trinajstić information content (AvgIpc) is 3.14. The Morgan fingerprint density at radius 1 is 1.24 bits per heavy atom. The van der Waals surface area contributed by atoms with Crippen LogP contribution in [0.15, 0.2) is 41.6 Å². The molecule has 3 aromatic rings. The average molecular weight is 338 g/mol. The fraction of sp³-hybridized carbons (Fsp3) is 0.143. The Labute approximate surface area is 135 Å². The third kappa shape index (κ3) is 3.58. The van der Waals surface area contributed by atoms with Gasteiger partial charge in [-0.1, -0.05) is 23.4 Å². The molecule has 0 radical (unpaired) electrons. The Morgan fingerprint density at radius 3 is 2.71 bits per heavy atom. The molecule has 0 spiro atoms. The number of hydrogen-bond donors (Lipinski definition) is 1. The molecule has 1 N–H and O–H groups in total. The fourth-order valence-electron chi connectivity index (χ4n) is 1.75. The number of benzene rings is 1. The van der Waals surface area contributed by atoms with Crippen LogP contribution in [0, 0.1) is 0 Å². The van der Waals surface area contributed by atoms with Crippen LogP contribution in [0.3, 0.4) is 0 Å². The van der Waals surface area contributed by atoms with Crippen molar-refractivity contribution >= 4 is 34.7 Å². The smallest absolute Gasteiger partial charge is 0.209 e. The van der Waals surface area contributed by atoms with Gasteiger partial charge in [-0.15, -0.1) is 16.4 Å². The van der Waals surface area contributed by atoms with E-state index in [1.807, 2.05) is 36.4 Å². The molecule has 0 bridgehead atoms. The highest BCUT2D eigenvalue weighted by atomic mass is 35.5. The first-order valence-electron chi connectivity index (χ1n) is 6.18. The summed E-state index contributed by atoms with van der Waals surface area (Å²) in [7, 11) is 1.65. The molecule has 0 amide bonds. The lowest BCUT2D eigenvalue weighted by molar-refractivity contribution is 0.415. The van der Waals surface area contributed by atoms with Crippen LogP contribution in [-0.4, -0.2) is 22.3 Å². The lowest BCUT2D eigenvalue weighted by atomic mass is 10.2. The number of rotatable bonds is 5.